The Morgan fingerprint density at radius 1 is 1.27 bits per heavy atom. The number of nitrogens with zero attached hydrogens (tertiary/aromatic N) is 2. The largest absolute Gasteiger partial charge is 0.444 e. The van der Waals surface area contributed by atoms with Crippen LogP contribution in [0.4, 0.5) is 4.79 Å². The SMILES string of the molecule is CC(C)(C)OC(=O)N1CCc2nc(-c3ccccc3)[nH]c2C1. The second-order valence-corrected chi connectivity index (χ2v) is 6.53. The predicted molar refractivity (Wildman–Crippen MR) is 84.4 cm³/mol. The molecule has 1 amide bonds. The highest BCUT2D eigenvalue weighted by atomic mass is 16.6. The van der Waals surface area contributed by atoms with E-state index in [1.807, 2.05) is 51.1 Å². The Morgan fingerprint density at radius 3 is 2.68 bits per heavy atom. The van der Waals surface area contributed by atoms with Crippen LogP contribution >= 0.6 is 0 Å². The van der Waals surface area contributed by atoms with Gasteiger partial charge in [0.25, 0.3) is 0 Å². The monoisotopic (exact) mass is 299 g/mol. The van der Waals surface area contributed by atoms with Gasteiger partial charge in [-0.05, 0) is 20.8 Å². The summed E-state index contributed by atoms with van der Waals surface area (Å²) < 4.78 is 5.44. The third-order valence-corrected chi connectivity index (χ3v) is 3.53. The summed E-state index contributed by atoms with van der Waals surface area (Å²) in [6, 6.07) is 10.0. The molecule has 0 aliphatic carbocycles. The van der Waals surface area contributed by atoms with Crippen LogP contribution in [0.25, 0.3) is 11.4 Å². The van der Waals surface area contributed by atoms with Crippen LogP contribution in [0.15, 0.2) is 30.3 Å². The molecule has 0 atom stereocenters. The fourth-order valence-electron chi connectivity index (χ4n) is 2.51. The highest BCUT2D eigenvalue weighted by Gasteiger charge is 2.27. The molecule has 0 bridgehead atoms. The van der Waals surface area contributed by atoms with E-state index in [0.29, 0.717) is 13.1 Å². The van der Waals surface area contributed by atoms with E-state index < -0.39 is 5.60 Å². The Bertz CT molecular complexity index is 671. The Kier molecular flexibility index (Phi) is 3.64. The third-order valence-electron chi connectivity index (χ3n) is 3.53. The van der Waals surface area contributed by atoms with Gasteiger partial charge in [-0.25, -0.2) is 9.78 Å². The molecule has 116 valence electrons. The first-order valence-electron chi connectivity index (χ1n) is 7.53. The Morgan fingerprint density at radius 2 is 2.00 bits per heavy atom. The standard InChI is InChI=1S/C17H21N3O2/c1-17(2,3)22-16(21)20-10-9-13-14(11-20)19-15(18-13)12-7-5-4-6-8-12/h4-8H,9-11H2,1-3H3,(H,18,19). The van der Waals surface area contributed by atoms with Gasteiger partial charge >= 0.3 is 6.09 Å². The minimum atomic E-state index is -0.472. The molecule has 5 nitrogen and oxygen atoms in total. The third kappa shape index (κ3) is 3.13. The zero-order valence-corrected chi connectivity index (χ0v) is 13.2. The zero-order valence-electron chi connectivity index (χ0n) is 13.2. The van der Waals surface area contributed by atoms with Gasteiger partial charge in [-0.1, -0.05) is 30.3 Å². The van der Waals surface area contributed by atoms with Gasteiger partial charge in [0, 0.05) is 18.5 Å². The van der Waals surface area contributed by atoms with Crippen LogP contribution in [-0.4, -0.2) is 33.1 Å². The number of imidazole rings is 1. The second-order valence-electron chi connectivity index (χ2n) is 6.53. The maximum absolute atomic E-state index is 12.2. The van der Waals surface area contributed by atoms with Gasteiger partial charge < -0.3 is 14.6 Å². The number of hydrogen-bond donors (Lipinski definition) is 1. The van der Waals surface area contributed by atoms with Gasteiger partial charge in [-0.15, -0.1) is 0 Å². The number of benzene rings is 1. The van der Waals surface area contributed by atoms with Gasteiger partial charge in [0.05, 0.1) is 17.9 Å². The van der Waals surface area contributed by atoms with E-state index in [-0.39, 0.29) is 6.09 Å². The molecule has 0 saturated heterocycles. The van der Waals surface area contributed by atoms with Crippen molar-refractivity contribution >= 4 is 6.09 Å². The lowest BCUT2D eigenvalue weighted by Gasteiger charge is -2.29. The molecule has 1 N–H and O–H groups in total. The smallest absolute Gasteiger partial charge is 0.410 e. The number of ether oxygens (including phenoxy) is 1. The van der Waals surface area contributed by atoms with Gasteiger partial charge in [0.15, 0.2) is 0 Å². The number of carbonyl (C=O) groups excluding carboxylic acids is 1. The summed E-state index contributed by atoms with van der Waals surface area (Å²) in [4.78, 5) is 21.9. The van der Waals surface area contributed by atoms with Crippen LogP contribution in [0.2, 0.25) is 0 Å². The number of fused-ring (bicyclic) bond motifs is 1. The number of amides is 1. The first-order valence-corrected chi connectivity index (χ1v) is 7.53. The number of H-pyrrole nitrogens is 1. The number of nitrogens with one attached hydrogen (secondary N) is 1. The first kappa shape index (κ1) is 14.6. The van der Waals surface area contributed by atoms with Crippen LogP contribution in [0.5, 0.6) is 0 Å². The summed E-state index contributed by atoms with van der Waals surface area (Å²) in [6.45, 7) is 6.79. The number of aromatic nitrogens is 2. The van der Waals surface area contributed by atoms with Crippen molar-refractivity contribution in [3.63, 3.8) is 0 Å². The average molecular weight is 299 g/mol. The highest BCUT2D eigenvalue weighted by molar-refractivity contribution is 5.68. The topological polar surface area (TPSA) is 58.2 Å². The molecule has 1 aliphatic heterocycles. The fourth-order valence-corrected chi connectivity index (χ4v) is 2.51. The second kappa shape index (κ2) is 5.48. The van der Waals surface area contributed by atoms with E-state index >= 15 is 0 Å². The maximum atomic E-state index is 12.2. The molecular formula is C17H21N3O2. The molecule has 1 aromatic carbocycles. The molecule has 5 heteroatoms. The van der Waals surface area contributed by atoms with Gasteiger partial charge in [-0.3, -0.25) is 0 Å². The van der Waals surface area contributed by atoms with Crippen LogP contribution < -0.4 is 0 Å². The van der Waals surface area contributed by atoms with Crippen molar-refractivity contribution in [3.8, 4) is 11.4 Å². The molecule has 1 aromatic heterocycles. The van der Waals surface area contributed by atoms with Crippen molar-refractivity contribution in [2.75, 3.05) is 6.54 Å². The predicted octanol–water partition coefficient (Wildman–Crippen LogP) is 3.37. The summed E-state index contributed by atoms with van der Waals surface area (Å²) >= 11 is 0. The fraction of sp³-hybridized carbons (Fsp3) is 0.412. The van der Waals surface area contributed by atoms with Gasteiger partial charge in [-0.2, -0.15) is 0 Å². The molecule has 0 unspecified atom stereocenters. The molecule has 1 aliphatic rings. The summed E-state index contributed by atoms with van der Waals surface area (Å²) in [5.74, 6) is 0.858. The van der Waals surface area contributed by atoms with E-state index in [2.05, 4.69) is 9.97 Å². The maximum Gasteiger partial charge on any atom is 0.410 e. The molecule has 2 aromatic rings. The van der Waals surface area contributed by atoms with Crippen molar-refractivity contribution in [1.82, 2.24) is 14.9 Å². The van der Waals surface area contributed by atoms with Gasteiger partial charge in [0.2, 0.25) is 0 Å². The number of aromatic amines is 1. The van der Waals surface area contributed by atoms with Crippen LogP contribution in [-0.2, 0) is 17.7 Å². The average Bonchev–Trinajstić information content (AvgIpc) is 2.89. The van der Waals surface area contributed by atoms with E-state index in [0.717, 1.165) is 29.2 Å². The van der Waals surface area contributed by atoms with E-state index in [9.17, 15) is 4.79 Å². The molecule has 2 heterocycles. The normalized spacial score (nSPS) is 14.6. The minimum Gasteiger partial charge on any atom is -0.444 e. The lowest BCUT2D eigenvalue weighted by Crippen LogP contribution is -2.39. The number of rotatable bonds is 1. The van der Waals surface area contributed by atoms with Crippen molar-refractivity contribution in [2.24, 2.45) is 0 Å². The van der Waals surface area contributed by atoms with Crippen LogP contribution in [0.3, 0.4) is 0 Å². The summed E-state index contributed by atoms with van der Waals surface area (Å²) in [7, 11) is 0. The first-order chi connectivity index (χ1) is 10.4. The van der Waals surface area contributed by atoms with Crippen LogP contribution in [0, 0.1) is 0 Å². The lowest BCUT2D eigenvalue weighted by atomic mass is 10.1. The summed E-state index contributed by atoms with van der Waals surface area (Å²) in [5, 5.41) is 0. The Labute approximate surface area is 130 Å². The van der Waals surface area contributed by atoms with E-state index in [1.165, 1.54) is 0 Å². The zero-order chi connectivity index (χ0) is 15.7. The van der Waals surface area contributed by atoms with E-state index in [1.54, 1.807) is 4.90 Å². The Balaban J connectivity index is 1.77. The van der Waals surface area contributed by atoms with Gasteiger partial charge in [0.1, 0.15) is 11.4 Å². The highest BCUT2D eigenvalue weighted by Crippen LogP contribution is 2.23. The lowest BCUT2D eigenvalue weighted by molar-refractivity contribution is 0.0221. The number of hydrogen-bond acceptors (Lipinski definition) is 3. The van der Waals surface area contributed by atoms with Crippen molar-refractivity contribution in [1.29, 1.82) is 0 Å². The minimum absolute atomic E-state index is 0.269. The van der Waals surface area contributed by atoms with E-state index in [4.69, 9.17) is 4.74 Å². The molecule has 0 radical (unpaired) electrons. The molecular weight excluding hydrogens is 278 g/mol. The quantitative estimate of drug-likeness (QED) is 0.878. The van der Waals surface area contributed by atoms with Crippen molar-refractivity contribution in [2.45, 2.75) is 39.3 Å². The molecule has 22 heavy (non-hydrogen) atoms. The van der Waals surface area contributed by atoms with Crippen LogP contribution in [0.1, 0.15) is 32.2 Å². The number of carbonyl (C=O) groups is 1. The van der Waals surface area contributed by atoms with Crippen molar-refractivity contribution in [3.05, 3.63) is 41.7 Å². The molecule has 0 spiro atoms. The summed E-state index contributed by atoms with van der Waals surface area (Å²) in [5.41, 5.74) is 2.62. The van der Waals surface area contributed by atoms with Crippen molar-refractivity contribution < 1.29 is 9.53 Å². The Hall–Kier alpha value is -2.30. The molecule has 3 rings (SSSR count). The summed E-state index contributed by atoms with van der Waals surface area (Å²) in [6.07, 6.45) is 0.478. The molecule has 0 fully saturated rings. The molecule has 0 saturated carbocycles.